The smallest absolute Gasteiger partial charge is 0.454 e. The van der Waals surface area contributed by atoms with Crippen LogP contribution in [0.4, 0.5) is 4.79 Å². The molecule has 0 aliphatic carbocycles. The second-order valence-electron chi connectivity index (χ2n) is 4.48. The van der Waals surface area contributed by atoms with E-state index in [0.717, 1.165) is 17.7 Å². The topological polar surface area (TPSA) is 44.8 Å². The molecule has 102 valence electrons. The number of fused-ring (bicyclic) bond motifs is 1. The summed E-state index contributed by atoms with van der Waals surface area (Å²) in [5, 5.41) is 0. The van der Waals surface area contributed by atoms with Crippen molar-refractivity contribution >= 4 is 6.16 Å². The molecule has 3 rings (SSSR count). The van der Waals surface area contributed by atoms with Crippen LogP contribution in [-0.2, 0) is 11.2 Å². The first-order valence-corrected chi connectivity index (χ1v) is 6.49. The molecule has 0 aromatic heterocycles. The molecule has 2 aromatic rings. The van der Waals surface area contributed by atoms with E-state index in [2.05, 4.69) is 0 Å². The summed E-state index contributed by atoms with van der Waals surface area (Å²) in [6.45, 7) is 0. The molecule has 0 amide bonds. The minimum atomic E-state index is -0.749. The van der Waals surface area contributed by atoms with Gasteiger partial charge < -0.3 is 14.2 Å². The molecular formula is C16H14O4. The average molecular weight is 270 g/mol. The lowest BCUT2D eigenvalue weighted by Gasteiger charge is -2.25. The molecule has 0 bridgehead atoms. The minimum absolute atomic E-state index is 0.453. The quantitative estimate of drug-likeness (QED) is 0.618. The number of benzene rings is 2. The van der Waals surface area contributed by atoms with E-state index in [1.807, 2.05) is 30.3 Å². The lowest BCUT2D eigenvalue weighted by Crippen LogP contribution is -2.29. The summed E-state index contributed by atoms with van der Waals surface area (Å²) in [6.07, 6.45) is 0.0991. The first-order valence-electron chi connectivity index (χ1n) is 6.49. The van der Waals surface area contributed by atoms with Crippen molar-refractivity contribution in [2.24, 2.45) is 0 Å². The Kier molecular flexibility index (Phi) is 3.54. The SMILES string of the molecule is O=C(Oc1ccccc1)OC1CCc2ccccc2O1. The third kappa shape index (κ3) is 2.91. The molecule has 0 saturated heterocycles. The Morgan fingerprint density at radius 1 is 1.05 bits per heavy atom. The molecular weight excluding hydrogens is 256 g/mol. The fourth-order valence-electron chi connectivity index (χ4n) is 2.10. The largest absolute Gasteiger partial charge is 0.516 e. The van der Waals surface area contributed by atoms with E-state index in [4.69, 9.17) is 14.2 Å². The van der Waals surface area contributed by atoms with Gasteiger partial charge in [0, 0.05) is 6.42 Å². The van der Waals surface area contributed by atoms with E-state index in [0.29, 0.717) is 12.2 Å². The van der Waals surface area contributed by atoms with Gasteiger partial charge in [0.15, 0.2) is 0 Å². The number of hydrogen-bond donors (Lipinski definition) is 0. The maximum absolute atomic E-state index is 11.7. The van der Waals surface area contributed by atoms with Gasteiger partial charge in [-0.2, -0.15) is 0 Å². The van der Waals surface area contributed by atoms with Crippen molar-refractivity contribution in [2.75, 3.05) is 0 Å². The molecule has 0 spiro atoms. The number of carbonyl (C=O) groups is 1. The molecule has 2 aromatic carbocycles. The zero-order valence-corrected chi connectivity index (χ0v) is 10.8. The summed E-state index contributed by atoms with van der Waals surface area (Å²) < 4.78 is 15.8. The third-order valence-electron chi connectivity index (χ3n) is 3.05. The molecule has 20 heavy (non-hydrogen) atoms. The molecule has 1 atom stereocenters. The Labute approximate surface area is 116 Å². The summed E-state index contributed by atoms with van der Waals surface area (Å²) in [4.78, 5) is 11.7. The van der Waals surface area contributed by atoms with Gasteiger partial charge in [-0.05, 0) is 30.2 Å². The molecule has 1 aliphatic rings. The first kappa shape index (κ1) is 12.5. The number of carbonyl (C=O) groups excluding carboxylic acids is 1. The van der Waals surface area contributed by atoms with E-state index in [9.17, 15) is 4.79 Å². The summed E-state index contributed by atoms with van der Waals surface area (Å²) in [5.41, 5.74) is 1.13. The van der Waals surface area contributed by atoms with E-state index in [1.165, 1.54) is 0 Å². The summed E-state index contributed by atoms with van der Waals surface area (Å²) in [6, 6.07) is 16.5. The van der Waals surface area contributed by atoms with Gasteiger partial charge in [0.05, 0.1) is 0 Å². The zero-order valence-electron chi connectivity index (χ0n) is 10.8. The lowest BCUT2D eigenvalue weighted by atomic mass is 10.1. The molecule has 0 fully saturated rings. The van der Waals surface area contributed by atoms with Crippen molar-refractivity contribution in [1.29, 1.82) is 0 Å². The van der Waals surface area contributed by atoms with E-state index in [-0.39, 0.29) is 0 Å². The lowest BCUT2D eigenvalue weighted by molar-refractivity contribution is -0.0603. The van der Waals surface area contributed by atoms with Crippen LogP contribution in [0.15, 0.2) is 54.6 Å². The monoisotopic (exact) mass is 270 g/mol. The van der Waals surface area contributed by atoms with Crippen molar-refractivity contribution in [2.45, 2.75) is 19.1 Å². The standard InChI is InChI=1S/C16H14O4/c17-16(18-13-7-2-1-3-8-13)20-15-11-10-12-6-4-5-9-14(12)19-15/h1-9,15H,10-11H2. The average Bonchev–Trinajstić information content (AvgIpc) is 2.48. The van der Waals surface area contributed by atoms with Gasteiger partial charge in [-0.25, -0.2) is 4.79 Å². The zero-order chi connectivity index (χ0) is 13.8. The predicted octanol–water partition coefficient (Wildman–Crippen LogP) is 3.55. The number of aryl methyl sites for hydroxylation is 1. The second-order valence-corrected chi connectivity index (χ2v) is 4.48. The van der Waals surface area contributed by atoms with Crippen LogP contribution >= 0.6 is 0 Å². The Hall–Kier alpha value is -2.49. The van der Waals surface area contributed by atoms with Gasteiger partial charge in [0.1, 0.15) is 11.5 Å². The van der Waals surface area contributed by atoms with E-state index in [1.54, 1.807) is 24.3 Å². The molecule has 1 heterocycles. The van der Waals surface area contributed by atoms with E-state index < -0.39 is 12.4 Å². The highest BCUT2D eigenvalue weighted by molar-refractivity contribution is 5.63. The number of ether oxygens (including phenoxy) is 3. The van der Waals surface area contributed by atoms with Crippen molar-refractivity contribution in [3.8, 4) is 11.5 Å². The normalized spacial score (nSPS) is 16.7. The first-order chi connectivity index (χ1) is 9.81. The van der Waals surface area contributed by atoms with Crippen LogP contribution in [0.2, 0.25) is 0 Å². The summed E-state index contributed by atoms with van der Waals surface area (Å²) >= 11 is 0. The molecule has 1 unspecified atom stereocenters. The summed E-state index contributed by atoms with van der Waals surface area (Å²) in [5.74, 6) is 1.21. The van der Waals surface area contributed by atoms with Crippen LogP contribution in [0.1, 0.15) is 12.0 Å². The number of hydrogen-bond acceptors (Lipinski definition) is 4. The van der Waals surface area contributed by atoms with Crippen LogP contribution in [0.5, 0.6) is 11.5 Å². The molecule has 1 aliphatic heterocycles. The van der Waals surface area contributed by atoms with Gasteiger partial charge in [0.2, 0.25) is 6.29 Å². The predicted molar refractivity (Wildman–Crippen MR) is 72.7 cm³/mol. The maximum Gasteiger partial charge on any atom is 0.516 e. The van der Waals surface area contributed by atoms with Gasteiger partial charge >= 0.3 is 6.16 Å². The van der Waals surface area contributed by atoms with Crippen molar-refractivity contribution < 1.29 is 19.0 Å². The van der Waals surface area contributed by atoms with Crippen molar-refractivity contribution in [3.63, 3.8) is 0 Å². The molecule has 4 nitrogen and oxygen atoms in total. The Morgan fingerprint density at radius 2 is 1.80 bits per heavy atom. The van der Waals surface area contributed by atoms with Crippen LogP contribution in [0.25, 0.3) is 0 Å². The van der Waals surface area contributed by atoms with Crippen molar-refractivity contribution in [1.82, 2.24) is 0 Å². The Bertz CT molecular complexity index is 594. The highest BCUT2D eigenvalue weighted by Gasteiger charge is 2.23. The van der Waals surface area contributed by atoms with Crippen LogP contribution in [0.3, 0.4) is 0 Å². The van der Waals surface area contributed by atoms with Crippen LogP contribution in [-0.4, -0.2) is 12.4 Å². The highest BCUT2D eigenvalue weighted by Crippen LogP contribution is 2.27. The van der Waals surface area contributed by atoms with Crippen LogP contribution < -0.4 is 9.47 Å². The Balaban J connectivity index is 1.58. The van der Waals surface area contributed by atoms with E-state index >= 15 is 0 Å². The molecule has 4 heteroatoms. The van der Waals surface area contributed by atoms with Crippen LogP contribution in [0, 0.1) is 0 Å². The van der Waals surface area contributed by atoms with Gasteiger partial charge in [-0.1, -0.05) is 36.4 Å². The third-order valence-corrected chi connectivity index (χ3v) is 3.05. The number of rotatable bonds is 2. The molecule has 0 N–H and O–H groups in total. The minimum Gasteiger partial charge on any atom is -0.454 e. The summed E-state index contributed by atoms with van der Waals surface area (Å²) in [7, 11) is 0. The fourth-order valence-corrected chi connectivity index (χ4v) is 2.10. The molecule has 0 saturated carbocycles. The maximum atomic E-state index is 11.7. The van der Waals surface area contributed by atoms with Gasteiger partial charge in [-0.15, -0.1) is 0 Å². The second kappa shape index (κ2) is 5.65. The van der Waals surface area contributed by atoms with Gasteiger partial charge in [0.25, 0.3) is 0 Å². The Morgan fingerprint density at radius 3 is 2.65 bits per heavy atom. The van der Waals surface area contributed by atoms with Gasteiger partial charge in [-0.3, -0.25) is 0 Å². The highest BCUT2D eigenvalue weighted by atomic mass is 16.8. The fraction of sp³-hybridized carbons (Fsp3) is 0.188. The number of para-hydroxylation sites is 2. The van der Waals surface area contributed by atoms with Crippen molar-refractivity contribution in [3.05, 3.63) is 60.2 Å². The molecule has 0 radical (unpaired) electrons.